The van der Waals surface area contributed by atoms with Crippen LogP contribution in [0, 0.1) is 22.7 Å². The number of ether oxygens (including phenoxy) is 5. The molecule has 220 valence electrons. The van der Waals surface area contributed by atoms with Crippen LogP contribution in [0.3, 0.4) is 0 Å². The first-order valence-corrected chi connectivity index (χ1v) is 12.8. The van der Waals surface area contributed by atoms with Crippen LogP contribution in [0.15, 0.2) is 101 Å². The van der Waals surface area contributed by atoms with Gasteiger partial charge in [0.05, 0.1) is 43.2 Å². The van der Waals surface area contributed by atoms with Crippen molar-refractivity contribution in [1.82, 2.24) is 4.98 Å². The van der Waals surface area contributed by atoms with Gasteiger partial charge in [-0.1, -0.05) is 6.07 Å². The average Bonchev–Trinajstić information content (AvgIpc) is 3.68. The van der Waals surface area contributed by atoms with Gasteiger partial charge in [0.15, 0.2) is 23.1 Å². The molecule has 5 rings (SSSR count). The second-order valence-electron chi connectivity index (χ2n) is 8.99. The van der Waals surface area contributed by atoms with Crippen molar-refractivity contribution in [2.24, 2.45) is 4.99 Å². The molecule has 0 radical (unpaired) electrons. The van der Waals surface area contributed by atoms with Gasteiger partial charge >= 0.3 is 6.18 Å². The molecular formula is C32H21F3N4O5. The zero-order valence-electron chi connectivity index (χ0n) is 23.1. The highest BCUT2D eigenvalue weighted by molar-refractivity contribution is 6.01. The minimum Gasteiger partial charge on any atom is -0.493 e. The standard InChI is InChI=1S/C32H21F3N4O5/c1-40-26-4-3-5-27(41-2)30(26)44-29(24-14-15-28(38-24)42-21-10-6-19(17-36)7-11-21)25-16-23(32(33,34)35)31(39-25)43-22-12-8-20(18-37)9-13-22/h3-16,38H,1-2H3/b29-25+. The number of nitriles is 2. The van der Waals surface area contributed by atoms with Crippen molar-refractivity contribution in [3.63, 3.8) is 0 Å². The van der Waals surface area contributed by atoms with Gasteiger partial charge in [-0.05, 0) is 72.8 Å². The number of para-hydroxylation sites is 1. The molecule has 0 amide bonds. The van der Waals surface area contributed by atoms with Gasteiger partial charge in [0.2, 0.25) is 11.6 Å². The van der Waals surface area contributed by atoms with Crippen LogP contribution < -0.4 is 23.7 Å². The third kappa shape index (κ3) is 6.35. The van der Waals surface area contributed by atoms with Crippen LogP contribution in [0.4, 0.5) is 13.2 Å². The summed E-state index contributed by atoms with van der Waals surface area (Å²) < 4.78 is 71.1. The highest BCUT2D eigenvalue weighted by atomic mass is 19.4. The summed E-state index contributed by atoms with van der Waals surface area (Å²) in [6.45, 7) is 0. The number of methoxy groups -OCH3 is 2. The monoisotopic (exact) mass is 598 g/mol. The van der Waals surface area contributed by atoms with Gasteiger partial charge in [-0.15, -0.1) is 0 Å². The molecule has 9 nitrogen and oxygen atoms in total. The van der Waals surface area contributed by atoms with Gasteiger partial charge in [-0.2, -0.15) is 23.7 Å². The summed E-state index contributed by atoms with van der Waals surface area (Å²) in [5.74, 6) is 0.435. The number of H-pyrrole nitrogens is 1. The second kappa shape index (κ2) is 12.4. The number of benzene rings is 3. The molecule has 0 aliphatic carbocycles. The number of halogens is 3. The van der Waals surface area contributed by atoms with Crippen LogP contribution in [0.5, 0.6) is 34.6 Å². The smallest absolute Gasteiger partial charge is 0.421 e. The van der Waals surface area contributed by atoms with Crippen LogP contribution in [0.2, 0.25) is 0 Å². The average molecular weight is 599 g/mol. The lowest BCUT2D eigenvalue weighted by Crippen LogP contribution is -2.22. The molecule has 0 fully saturated rings. The molecule has 44 heavy (non-hydrogen) atoms. The Kier molecular flexibility index (Phi) is 8.26. The Balaban J connectivity index is 1.61. The predicted octanol–water partition coefficient (Wildman–Crippen LogP) is 7.29. The minimum atomic E-state index is -4.83. The van der Waals surface area contributed by atoms with Crippen LogP contribution in [0.1, 0.15) is 16.8 Å². The van der Waals surface area contributed by atoms with E-state index in [0.29, 0.717) is 16.9 Å². The van der Waals surface area contributed by atoms with E-state index in [4.69, 9.17) is 34.2 Å². The summed E-state index contributed by atoms with van der Waals surface area (Å²) in [5, 5.41) is 18.1. The third-order valence-corrected chi connectivity index (χ3v) is 6.17. The fourth-order valence-corrected chi connectivity index (χ4v) is 4.06. The normalized spacial score (nSPS) is 13.6. The number of nitrogens with zero attached hydrogens (tertiary/aromatic N) is 3. The molecule has 1 aromatic heterocycles. The lowest BCUT2D eigenvalue weighted by atomic mass is 10.2. The molecule has 0 bridgehead atoms. The number of hydrogen-bond acceptors (Lipinski definition) is 8. The largest absolute Gasteiger partial charge is 0.493 e. The quantitative estimate of drug-likeness (QED) is 0.211. The van der Waals surface area contributed by atoms with Gasteiger partial charge in [-0.3, -0.25) is 0 Å². The highest BCUT2D eigenvalue weighted by Crippen LogP contribution is 2.42. The first-order valence-electron chi connectivity index (χ1n) is 12.8. The summed E-state index contributed by atoms with van der Waals surface area (Å²) in [5.41, 5.74) is -0.407. The van der Waals surface area contributed by atoms with E-state index < -0.39 is 17.6 Å². The van der Waals surface area contributed by atoms with Crippen LogP contribution in [0.25, 0.3) is 5.76 Å². The summed E-state index contributed by atoms with van der Waals surface area (Å²) in [6, 6.07) is 23.8. The van der Waals surface area contributed by atoms with Crippen molar-refractivity contribution in [3.8, 4) is 46.8 Å². The Morgan fingerprint density at radius 2 is 1.34 bits per heavy atom. The van der Waals surface area contributed by atoms with E-state index in [1.54, 1.807) is 54.6 Å². The van der Waals surface area contributed by atoms with Gasteiger partial charge in [0, 0.05) is 6.07 Å². The molecule has 12 heteroatoms. The zero-order chi connectivity index (χ0) is 31.3. The van der Waals surface area contributed by atoms with Crippen LogP contribution in [-0.2, 0) is 0 Å². The number of allylic oxidation sites excluding steroid dienone is 1. The second-order valence-corrected chi connectivity index (χ2v) is 8.99. The van der Waals surface area contributed by atoms with Crippen molar-refractivity contribution in [2.45, 2.75) is 6.18 Å². The Hall–Kier alpha value is -6.14. The van der Waals surface area contributed by atoms with E-state index in [1.165, 1.54) is 38.5 Å². The Morgan fingerprint density at radius 3 is 1.86 bits per heavy atom. The van der Waals surface area contributed by atoms with E-state index in [1.807, 2.05) is 12.1 Å². The molecule has 0 unspecified atom stereocenters. The Bertz CT molecular complexity index is 1840. The van der Waals surface area contributed by atoms with Crippen molar-refractivity contribution >= 4 is 11.7 Å². The Morgan fingerprint density at radius 1 is 0.773 bits per heavy atom. The first-order chi connectivity index (χ1) is 21.2. The number of nitrogens with one attached hydrogen (secondary N) is 1. The molecule has 0 spiro atoms. The van der Waals surface area contributed by atoms with Crippen molar-refractivity contribution in [2.75, 3.05) is 14.2 Å². The highest BCUT2D eigenvalue weighted by Gasteiger charge is 2.42. The van der Waals surface area contributed by atoms with Gasteiger partial charge in [0.1, 0.15) is 22.8 Å². The van der Waals surface area contributed by atoms with Gasteiger partial charge in [0.25, 0.3) is 0 Å². The minimum absolute atomic E-state index is 0.0472. The van der Waals surface area contributed by atoms with E-state index in [-0.39, 0.29) is 46.0 Å². The maximum atomic E-state index is 14.2. The summed E-state index contributed by atoms with van der Waals surface area (Å²) in [6.07, 6.45) is -4.03. The third-order valence-electron chi connectivity index (χ3n) is 6.17. The van der Waals surface area contributed by atoms with Gasteiger partial charge in [-0.25, -0.2) is 4.99 Å². The fourth-order valence-electron chi connectivity index (χ4n) is 4.06. The molecule has 1 N–H and O–H groups in total. The molecule has 0 atom stereocenters. The van der Waals surface area contributed by atoms with E-state index in [9.17, 15) is 13.2 Å². The lowest BCUT2D eigenvalue weighted by molar-refractivity contribution is -0.0869. The summed E-state index contributed by atoms with van der Waals surface area (Å²) in [4.78, 5) is 7.16. The van der Waals surface area contributed by atoms with E-state index in [0.717, 1.165) is 6.08 Å². The number of aliphatic imine (C=N–C) groups is 1. The molecule has 1 aliphatic heterocycles. The number of aromatic amines is 1. The lowest BCUT2D eigenvalue weighted by Gasteiger charge is -2.16. The maximum Gasteiger partial charge on any atom is 0.421 e. The Labute approximate surface area is 249 Å². The summed E-state index contributed by atoms with van der Waals surface area (Å²) in [7, 11) is 2.82. The van der Waals surface area contributed by atoms with Crippen molar-refractivity contribution in [1.29, 1.82) is 10.5 Å². The zero-order valence-corrected chi connectivity index (χ0v) is 23.1. The van der Waals surface area contributed by atoms with Gasteiger partial charge < -0.3 is 28.7 Å². The first kappa shape index (κ1) is 29.4. The fraction of sp³-hybridized carbons (Fsp3) is 0.0938. The van der Waals surface area contributed by atoms with E-state index in [2.05, 4.69) is 9.98 Å². The molecule has 1 aliphatic rings. The molecule has 2 heterocycles. The predicted molar refractivity (Wildman–Crippen MR) is 152 cm³/mol. The molecule has 3 aromatic carbocycles. The van der Waals surface area contributed by atoms with Crippen molar-refractivity contribution < 1.29 is 36.9 Å². The topological polar surface area (TPSA) is 122 Å². The molecule has 0 saturated carbocycles. The molecule has 0 saturated heterocycles. The number of rotatable bonds is 8. The van der Waals surface area contributed by atoms with Crippen LogP contribution >= 0.6 is 0 Å². The van der Waals surface area contributed by atoms with Crippen molar-refractivity contribution in [3.05, 3.63) is 113 Å². The number of alkyl halides is 3. The molecular weight excluding hydrogens is 577 g/mol. The van der Waals surface area contributed by atoms with Crippen LogP contribution in [-0.4, -0.2) is 31.3 Å². The number of hydrogen-bond donors (Lipinski definition) is 1. The maximum absolute atomic E-state index is 14.2. The molecule has 4 aromatic rings. The number of aromatic nitrogens is 1. The SMILES string of the molecule is COc1cccc(OC)c1O/C(=C1\C=C(C(F)(F)F)C(Oc2ccc(C#N)cc2)=N1)c1ccc(Oc2ccc(C#N)cc2)[nH]1. The summed E-state index contributed by atoms with van der Waals surface area (Å²) >= 11 is 0. The van der Waals surface area contributed by atoms with E-state index >= 15 is 0 Å².